The Morgan fingerprint density at radius 1 is 1.14 bits per heavy atom. The number of urea groups is 1. The second-order valence-electron chi connectivity index (χ2n) is 8.02. The number of likely N-dealkylation sites (tertiary alicyclic amines) is 1. The molecule has 2 aromatic carbocycles. The van der Waals surface area contributed by atoms with Gasteiger partial charge in [-0.05, 0) is 62.8 Å². The highest BCUT2D eigenvalue weighted by molar-refractivity contribution is 5.89. The van der Waals surface area contributed by atoms with Gasteiger partial charge in [0, 0.05) is 24.8 Å². The summed E-state index contributed by atoms with van der Waals surface area (Å²) in [7, 11) is 0. The number of rotatable bonds is 8. The van der Waals surface area contributed by atoms with E-state index in [2.05, 4.69) is 45.9 Å². The molecule has 3 rings (SSSR count). The zero-order chi connectivity index (χ0) is 20.5. The molecule has 29 heavy (non-hydrogen) atoms. The molecule has 1 fully saturated rings. The molecule has 2 amide bonds. The van der Waals surface area contributed by atoms with Crippen LogP contribution < -0.4 is 10.6 Å². The molecule has 0 spiro atoms. The maximum absolute atomic E-state index is 12.0. The van der Waals surface area contributed by atoms with Crippen molar-refractivity contribution in [2.75, 3.05) is 25.0 Å². The normalized spacial score (nSPS) is 20.8. The largest absolute Gasteiger partial charge is 0.392 e. The summed E-state index contributed by atoms with van der Waals surface area (Å²) >= 11 is 0. The molecule has 5 nitrogen and oxygen atoms in total. The van der Waals surface area contributed by atoms with E-state index in [9.17, 15) is 9.90 Å². The van der Waals surface area contributed by atoms with Crippen LogP contribution >= 0.6 is 0 Å². The molecule has 0 saturated carbocycles. The van der Waals surface area contributed by atoms with Gasteiger partial charge in [-0.1, -0.05) is 48.5 Å². The average molecular weight is 396 g/mol. The third-order valence-electron chi connectivity index (χ3n) is 5.73. The number of hydrogen-bond acceptors (Lipinski definition) is 3. The SMILES string of the molecule is CC(O)[C@H]1C[C@@H](Cc2ccccc2)CCN1CCCNC(=O)Nc1ccccc1. The number of para-hydroxylation sites is 1. The van der Waals surface area contributed by atoms with Crippen LogP contribution in [0.5, 0.6) is 0 Å². The third-order valence-corrected chi connectivity index (χ3v) is 5.73. The van der Waals surface area contributed by atoms with E-state index in [0.29, 0.717) is 12.5 Å². The van der Waals surface area contributed by atoms with E-state index >= 15 is 0 Å². The molecule has 0 radical (unpaired) electrons. The Hall–Kier alpha value is -2.37. The summed E-state index contributed by atoms with van der Waals surface area (Å²) in [6, 6.07) is 20.1. The number of aliphatic hydroxyl groups is 1. The van der Waals surface area contributed by atoms with Crippen molar-refractivity contribution in [1.82, 2.24) is 10.2 Å². The molecule has 1 aliphatic heterocycles. The van der Waals surface area contributed by atoms with Gasteiger partial charge in [-0.2, -0.15) is 0 Å². The van der Waals surface area contributed by atoms with Gasteiger partial charge in [0.25, 0.3) is 0 Å². The molecule has 0 aliphatic carbocycles. The van der Waals surface area contributed by atoms with Crippen molar-refractivity contribution in [2.45, 2.75) is 44.8 Å². The highest BCUT2D eigenvalue weighted by Crippen LogP contribution is 2.28. The number of nitrogens with one attached hydrogen (secondary N) is 2. The van der Waals surface area contributed by atoms with Crippen LogP contribution in [0.2, 0.25) is 0 Å². The van der Waals surface area contributed by atoms with Gasteiger partial charge in [0.15, 0.2) is 0 Å². The fourth-order valence-corrected chi connectivity index (χ4v) is 4.22. The Balaban J connectivity index is 1.40. The van der Waals surface area contributed by atoms with Gasteiger partial charge >= 0.3 is 6.03 Å². The quantitative estimate of drug-likeness (QED) is 0.594. The Labute approximate surface area is 174 Å². The first-order valence-corrected chi connectivity index (χ1v) is 10.7. The molecular weight excluding hydrogens is 362 g/mol. The molecule has 3 atom stereocenters. The number of amides is 2. The van der Waals surface area contributed by atoms with Gasteiger partial charge in [-0.3, -0.25) is 4.90 Å². The van der Waals surface area contributed by atoms with Crippen LogP contribution in [0.15, 0.2) is 60.7 Å². The topological polar surface area (TPSA) is 64.6 Å². The number of anilines is 1. The maximum atomic E-state index is 12.0. The zero-order valence-corrected chi connectivity index (χ0v) is 17.3. The third kappa shape index (κ3) is 6.87. The molecule has 2 aromatic rings. The van der Waals surface area contributed by atoms with Crippen molar-refractivity contribution >= 4 is 11.7 Å². The number of benzene rings is 2. The minimum absolute atomic E-state index is 0.176. The lowest BCUT2D eigenvalue weighted by atomic mass is 9.84. The molecule has 1 unspecified atom stereocenters. The summed E-state index contributed by atoms with van der Waals surface area (Å²) in [6.07, 6.45) is 3.78. The number of aliphatic hydroxyl groups excluding tert-OH is 1. The molecule has 0 aromatic heterocycles. The summed E-state index contributed by atoms with van der Waals surface area (Å²) in [4.78, 5) is 14.4. The lowest BCUT2D eigenvalue weighted by Crippen LogP contribution is -2.49. The van der Waals surface area contributed by atoms with Crippen molar-refractivity contribution < 1.29 is 9.90 Å². The Morgan fingerprint density at radius 3 is 2.52 bits per heavy atom. The van der Waals surface area contributed by atoms with Crippen LogP contribution in [-0.4, -0.2) is 47.8 Å². The summed E-state index contributed by atoms with van der Waals surface area (Å²) in [6.45, 7) is 4.41. The summed E-state index contributed by atoms with van der Waals surface area (Å²) in [5.74, 6) is 0.614. The fourth-order valence-electron chi connectivity index (χ4n) is 4.22. The Bertz CT molecular complexity index is 736. The van der Waals surface area contributed by atoms with E-state index in [-0.39, 0.29) is 18.2 Å². The van der Waals surface area contributed by atoms with Gasteiger partial charge in [0.1, 0.15) is 0 Å². The number of nitrogens with zero attached hydrogens (tertiary/aromatic N) is 1. The highest BCUT2D eigenvalue weighted by atomic mass is 16.3. The van der Waals surface area contributed by atoms with Crippen LogP contribution in [0.1, 0.15) is 31.7 Å². The van der Waals surface area contributed by atoms with Crippen molar-refractivity contribution in [3.8, 4) is 0 Å². The Morgan fingerprint density at radius 2 is 1.83 bits per heavy atom. The average Bonchev–Trinajstić information content (AvgIpc) is 2.73. The maximum Gasteiger partial charge on any atom is 0.319 e. The smallest absolute Gasteiger partial charge is 0.319 e. The van der Waals surface area contributed by atoms with Crippen LogP contribution in [0.3, 0.4) is 0 Å². The zero-order valence-electron chi connectivity index (χ0n) is 17.3. The minimum atomic E-state index is -0.345. The van der Waals surface area contributed by atoms with E-state index in [4.69, 9.17) is 0 Å². The Kier molecular flexibility index (Phi) is 8.08. The first-order valence-electron chi connectivity index (χ1n) is 10.7. The van der Waals surface area contributed by atoms with Gasteiger partial charge in [0.2, 0.25) is 0 Å². The highest BCUT2D eigenvalue weighted by Gasteiger charge is 2.31. The van der Waals surface area contributed by atoms with Crippen LogP contribution in [0.25, 0.3) is 0 Å². The van der Waals surface area contributed by atoms with E-state index in [1.807, 2.05) is 37.3 Å². The summed E-state index contributed by atoms with van der Waals surface area (Å²) in [5, 5.41) is 16.1. The summed E-state index contributed by atoms with van der Waals surface area (Å²) < 4.78 is 0. The van der Waals surface area contributed by atoms with Crippen LogP contribution in [-0.2, 0) is 6.42 Å². The lowest BCUT2D eigenvalue weighted by Gasteiger charge is -2.41. The number of piperidine rings is 1. The van der Waals surface area contributed by atoms with Gasteiger partial charge < -0.3 is 15.7 Å². The number of hydrogen-bond donors (Lipinski definition) is 3. The molecule has 0 bridgehead atoms. The summed E-state index contributed by atoms with van der Waals surface area (Å²) in [5.41, 5.74) is 2.17. The van der Waals surface area contributed by atoms with E-state index < -0.39 is 0 Å². The van der Waals surface area contributed by atoms with E-state index in [1.165, 1.54) is 5.56 Å². The molecule has 3 N–H and O–H groups in total. The monoisotopic (exact) mass is 395 g/mol. The van der Waals surface area contributed by atoms with Gasteiger partial charge in [-0.15, -0.1) is 0 Å². The molecule has 1 aliphatic rings. The van der Waals surface area contributed by atoms with Crippen molar-refractivity contribution in [1.29, 1.82) is 0 Å². The van der Waals surface area contributed by atoms with Gasteiger partial charge in [0.05, 0.1) is 6.10 Å². The van der Waals surface area contributed by atoms with Crippen LogP contribution in [0.4, 0.5) is 10.5 Å². The van der Waals surface area contributed by atoms with Crippen LogP contribution in [0, 0.1) is 5.92 Å². The van der Waals surface area contributed by atoms with Gasteiger partial charge in [-0.25, -0.2) is 4.79 Å². The van der Waals surface area contributed by atoms with Crippen molar-refractivity contribution in [3.05, 3.63) is 66.2 Å². The van der Waals surface area contributed by atoms with E-state index in [1.54, 1.807) is 0 Å². The number of carbonyl (C=O) groups excluding carboxylic acids is 1. The first-order chi connectivity index (χ1) is 14.1. The standard InChI is InChI=1S/C24H33N3O2/c1-19(28)23-18-21(17-20-9-4-2-5-10-20)13-16-27(23)15-8-14-25-24(29)26-22-11-6-3-7-12-22/h2-7,9-12,19,21,23,28H,8,13-18H2,1H3,(H2,25,26,29)/t19?,21-,23-/m1/s1. The molecular formula is C24H33N3O2. The predicted octanol–water partition coefficient (Wildman–Crippen LogP) is 3.90. The second-order valence-corrected chi connectivity index (χ2v) is 8.02. The predicted molar refractivity (Wildman–Crippen MR) is 118 cm³/mol. The molecule has 5 heteroatoms. The fraction of sp³-hybridized carbons (Fsp3) is 0.458. The molecule has 1 saturated heterocycles. The second kappa shape index (κ2) is 11.0. The van der Waals surface area contributed by atoms with E-state index in [0.717, 1.165) is 44.5 Å². The molecule has 1 heterocycles. The number of carbonyl (C=O) groups is 1. The first kappa shape index (κ1) is 21.3. The lowest BCUT2D eigenvalue weighted by molar-refractivity contribution is 0.0177. The van der Waals surface area contributed by atoms with Crippen molar-refractivity contribution in [3.63, 3.8) is 0 Å². The van der Waals surface area contributed by atoms with Crippen molar-refractivity contribution in [2.24, 2.45) is 5.92 Å². The minimum Gasteiger partial charge on any atom is -0.392 e. The molecule has 156 valence electrons.